The fraction of sp³-hybridized carbons (Fsp3) is 0.238. The first-order valence-corrected chi connectivity index (χ1v) is 8.70. The normalized spacial score (nSPS) is 15.8. The molecule has 1 unspecified atom stereocenters. The Morgan fingerprint density at radius 2 is 2.07 bits per heavy atom. The predicted octanol–water partition coefficient (Wildman–Crippen LogP) is 3.13. The number of hydrogen-bond acceptors (Lipinski definition) is 6. The first-order chi connectivity index (χ1) is 13.5. The summed E-state index contributed by atoms with van der Waals surface area (Å²) >= 11 is 0. The number of carboxylic acids is 1. The van der Waals surface area contributed by atoms with Gasteiger partial charge in [-0.1, -0.05) is 18.2 Å². The zero-order chi connectivity index (χ0) is 20.1. The highest BCUT2D eigenvalue weighted by Crippen LogP contribution is 2.39. The largest absolute Gasteiger partial charge is 0.507 e. The SMILES string of the molecule is COCCOc1ccccc1C1CN(c2ccc(C(=O)O)c(O)c2)C=C1C#N. The average Bonchev–Trinajstić information content (AvgIpc) is 3.12. The minimum absolute atomic E-state index is 0.166. The van der Waals surface area contributed by atoms with Crippen LogP contribution in [-0.2, 0) is 4.74 Å². The molecule has 1 aliphatic rings. The number of rotatable bonds is 7. The van der Waals surface area contributed by atoms with Crippen LogP contribution < -0.4 is 9.64 Å². The van der Waals surface area contributed by atoms with Crippen LogP contribution in [0, 0.1) is 11.3 Å². The number of anilines is 1. The van der Waals surface area contributed by atoms with E-state index in [2.05, 4.69) is 6.07 Å². The van der Waals surface area contributed by atoms with Gasteiger partial charge in [0.1, 0.15) is 23.7 Å². The fourth-order valence-electron chi connectivity index (χ4n) is 3.17. The van der Waals surface area contributed by atoms with E-state index in [1.807, 2.05) is 29.2 Å². The first kappa shape index (κ1) is 19.3. The number of carboxylic acid groups (broad SMARTS) is 1. The van der Waals surface area contributed by atoms with E-state index in [4.69, 9.17) is 14.6 Å². The summed E-state index contributed by atoms with van der Waals surface area (Å²) in [4.78, 5) is 12.9. The van der Waals surface area contributed by atoms with Crippen molar-refractivity contribution in [3.63, 3.8) is 0 Å². The van der Waals surface area contributed by atoms with Crippen molar-refractivity contribution in [1.29, 1.82) is 5.26 Å². The summed E-state index contributed by atoms with van der Waals surface area (Å²) in [7, 11) is 1.60. The van der Waals surface area contributed by atoms with E-state index < -0.39 is 5.97 Å². The van der Waals surface area contributed by atoms with Crippen LogP contribution >= 0.6 is 0 Å². The molecule has 1 heterocycles. The number of benzene rings is 2. The van der Waals surface area contributed by atoms with Gasteiger partial charge in [0, 0.05) is 43.1 Å². The maximum atomic E-state index is 11.1. The highest BCUT2D eigenvalue weighted by atomic mass is 16.5. The number of ether oxygens (including phenoxy) is 2. The molecular formula is C21H20N2O5. The monoisotopic (exact) mass is 380 g/mol. The molecule has 2 aromatic carbocycles. The molecule has 2 N–H and O–H groups in total. The Hall–Kier alpha value is -3.50. The third-order valence-corrected chi connectivity index (χ3v) is 4.56. The van der Waals surface area contributed by atoms with Gasteiger partial charge in [-0.25, -0.2) is 4.79 Å². The molecular weight excluding hydrogens is 360 g/mol. The molecule has 0 fully saturated rings. The zero-order valence-electron chi connectivity index (χ0n) is 15.3. The second-order valence-electron chi connectivity index (χ2n) is 6.29. The lowest BCUT2D eigenvalue weighted by Gasteiger charge is -2.20. The van der Waals surface area contributed by atoms with Crippen molar-refractivity contribution < 1.29 is 24.5 Å². The second-order valence-corrected chi connectivity index (χ2v) is 6.29. The van der Waals surface area contributed by atoms with Crippen molar-refractivity contribution in [2.75, 3.05) is 31.8 Å². The highest BCUT2D eigenvalue weighted by molar-refractivity contribution is 5.91. The Labute approximate surface area is 162 Å². The van der Waals surface area contributed by atoms with Crippen molar-refractivity contribution in [3.8, 4) is 17.6 Å². The van der Waals surface area contributed by atoms with Gasteiger partial charge in [0.15, 0.2) is 0 Å². The standard InChI is InChI=1S/C21H20N2O5/c1-27-8-9-28-20-5-3-2-4-16(20)18-13-23(12-14(18)11-22)15-6-7-17(21(25)26)19(24)10-15/h2-7,10,12,18,24H,8-9,13H2,1H3,(H,25,26). The molecule has 0 spiro atoms. The Balaban J connectivity index is 1.87. The van der Waals surface area contributed by atoms with Crippen molar-refractivity contribution >= 4 is 11.7 Å². The Morgan fingerprint density at radius 1 is 1.29 bits per heavy atom. The average molecular weight is 380 g/mol. The smallest absolute Gasteiger partial charge is 0.339 e. The number of para-hydroxylation sites is 1. The van der Waals surface area contributed by atoms with Crippen LogP contribution in [0.25, 0.3) is 0 Å². The molecule has 0 amide bonds. The molecule has 28 heavy (non-hydrogen) atoms. The number of nitrogens with zero attached hydrogens (tertiary/aromatic N) is 2. The van der Waals surface area contributed by atoms with Gasteiger partial charge >= 0.3 is 5.97 Å². The van der Waals surface area contributed by atoms with Gasteiger partial charge in [-0.3, -0.25) is 0 Å². The molecule has 0 aromatic heterocycles. The van der Waals surface area contributed by atoms with Crippen LogP contribution in [0.1, 0.15) is 21.8 Å². The van der Waals surface area contributed by atoms with E-state index in [9.17, 15) is 15.2 Å². The van der Waals surface area contributed by atoms with E-state index in [-0.39, 0.29) is 17.2 Å². The summed E-state index contributed by atoms with van der Waals surface area (Å²) in [6, 6.07) is 14.1. The molecule has 0 saturated heterocycles. The summed E-state index contributed by atoms with van der Waals surface area (Å²) in [5.41, 5.74) is 1.89. The lowest BCUT2D eigenvalue weighted by atomic mass is 9.93. The molecule has 7 nitrogen and oxygen atoms in total. The maximum absolute atomic E-state index is 11.1. The number of nitriles is 1. The van der Waals surface area contributed by atoms with E-state index in [1.54, 1.807) is 19.4 Å². The first-order valence-electron chi connectivity index (χ1n) is 8.70. The summed E-state index contributed by atoms with van der Waals surface area (Å²) in [6.07, 6.45) is 1.71. The summed E-state index contributed by atoms with van der Waals surface area (Å²) in [6.45, 7) is 1.33. The Kier molecular flexibility index (Phi) is 5.82. The summed E-state index contributed by atoms with van der Waals surface area (Å²) in [5, 5.41) is 28.6. The number of methoxy groups -OCH3 is 1. The highest BCUT2D eigenvalue weighted by Gasteiger charge is 2.29. The Morgan fingerprint density at radius 3 is 2.75 bits per heavy atom. The fourth-order valence-corrected chi connectivity index (χ4v) is 3.17. The number of aromatic hydroxyl groups is 1. The van der Waals surface area contributed by atoms with Crippen LogP contribution in [0.15, 0.2) is 54.2 Å². The molecule has 7 heteroatoms. The van der Waals surface area contributed by atoms with Gasteiger partial charge in [-0.15, -0.1) is 0 Å². The van der Waals surface area contributed by atoms with E-state index in [0.29, 0.717) is 36.8 Å². The molecule has 1 atom stereocenters. The molecule has 3 rings (SSSR count). The Bertz CT molecular complexity index is 948. The molecule has 0 aliphatic carbocycles. The zero-order valence-corrected chi connectivity index (χ0v) is 15.3. The summed E-state index contributed by atoms with van der Waals surface area (Å²) in [5.74, 6) is -1.02. The van der Waals surface area contributed by atoms with E-state index in [1.165, 1.54) is 12.1 Å². The van der Waals surface area contributed by atoms with Gasteiger partial charge in [0.25, 0.3) is 0 Å². The lowest BCUT2D eigenvalue weighted by molar-refractivity contribution is 0.0694. The van der Waals surface area contributed by atoms with Crippen LogP contribution in [0.4, 0.5) is 5.69 Å². The molecule has 0 radical (unpaired) electrons. The number of carbonyl (C=O) groups is 1. The van der Waals surface area contributed by atoms with Crippen LogP contribution in [0.5, 0.6) is 11.5 Å². The van der Waals surface area contributed by atoms with Crippen LogP contribution in [0.2, 0.25) is 0 Å². The molecule has 2 aromatic rings. The van der Waals surface area contributed by atoms with Crippen LogP contribution in [0.3, 0.4) is 0 Å². The van der Waals surface area contributed by atoms with E-state index >= 15 is 0 Å². The van der Waals surface area contributed by atoms with Gasteiger partial charge in [0.2, 0.25) is 0 Å². The third-order valence-electron chi connectivity index (χ3n) is 4.56. The lowest BCUT2D eigenvalue weighted by Crippen LogP contribution is -2.17. The molecule has 0 saturated carbocycles. The number of phenols is 1. The molecule has 0 bridgehead atoms. The topological polar surface area (TPSA) is 103 Å². The van der Waals surface area contributed by atoms with Crippen molar-refractivity contribution in [1.82, 2.24) is 0 Å². The minimum Gasteiger partial charge on any atom is -0.507 e. The minimum atomic E-state index is -1.20. The molecule has 1 aliphatic heterocycles. The van der Waals surface area contributed by atoms with E-state index in [0.717, 1.165) is 5.56 Å². The van der Waals surface area contributed by atoms with Crippen molar-refractivity contribution in [3.05, 3.63) is 65.4 Å². The van der Waals surface area contributed by atoms with Gasteiger partial charge in [0.05, 0.1) is 18.2 Å². The predicted molar refractivity (Wildman–Crippen MR) is 103 cm³/mol. The quantitative estimate of drug-likeness (QED) is 0.711. The van der Waals surface area contributed by atoms with Crippen molar-refractivity contribution in [2.45, 2.75) is 5.92 Å². The van der Waals surface area contributed by atoms with Gasteiger partial charge < -0.3 is 24.6 Å². The number of aromatic carboxylic acids is 1. The summed E-state index contributed by atoms with van der Waals surface area (Å²) < 4.78 is 10.8. The maximum Gasteiger partial charge on any atom is 0.339 e. The van der Waals surface area contributed by atoms with Gasteiger partial charge in [-0.2, -0.15) is 5.26 Å². The number of hydrogen-bond donors (Lipinski definition) is 2. The molecule has 144 valence electrons. The van der Waals surface area contributed by atoms with Gasteiger partial charge in [-0.05, 0) is 18.2 Å². The van der Waals surface area contributed by atoms with Crippen molar-refractivity contribution in [2.24, 2.45) is 0 Å². The van der Waals surface area contributed by atoms with Crippen LogP contribution in [-0.4, -0.2) is 43.1 Å². The second kappa shape index (κ2) is 8.46. The third kappa shape index (κ3) is 3.92.